The molecule has 2 rings (SSSR count). The Balaban J connectivity index is 2.12. The van der Waals surface area contributed by atoms with E-state index in [0.29, 0.717) is 19.5 Å². The molecule has 0 fully saturated rings. The summed E-state index contributed by atoms with van der Waals surface area (Å²) in [6.45, 7) is 4.74. The summed E-state index contributed by atoms with van der Waals surface area (Å²) in [4.78, 5) is 35.8. The molecule has 0 saturated carbocycles. The molecule has 2 N–H and O–H groups in total. The Kier molecular flexibility index (Phi) is 4.06. The van der Waals surface area contributed by atoms with Crippen LogP contribution in [0.4, 0.5) is 0 Å². The number of carboxylic acids is 1. The summed E-state index contributed by atoms with van der Waals surface area (Å²) in [7, 11) is 0. The Hall–Kier alpha value is -2.64. The molecule has 0 atom stereocenters. The predicted octanol–water partition coefficient (Wildman–Crippen LogP) is 0.138. The Labute approximate surface area is 119 Å². The number of rotatable bonds is 5. The van der Waals surface area contributed by atoms with Crippen LogP contribution < -0.4 is 11.2 Å². The van der Waals surface area contributed by atoms with Crippen molar-refractivity contribution in [2.45, 2.75) is 33.4 Å². The lowest BCUT2D eigenvalue weighted by Gasteiger charge is -2.07. The summed E-state index contributed by atoms with van der Waals surface area (Å²) in [6, 6.07) is 1.95. The van der Waals surface area contributed by atoms with Crippen LogP contribution in [0.3, 0.4) is 0 Å². The Bertz CT molecular complexity index is 784. The SMILES string of the molecule is Cc1cc(C)n(CCCn2cc(C(=O)O)c(=O)[nH]c2=O)n1. The van der Waals surface area contributed by atoms with E-state index >= 15 is 0 Å². The summed E-state index contributed by atoms with van der Waals surface area (Å²) in [5, 5.41) is 13.2. The van der Waals surface area contributed by atoms with Crippen LogP contribution in [-0.2, 0) is 13.1 Å². The van der Waals surface area contributed by atoms with E-state index in [0.717, 1.165) is 17.6 Å². The molecule has 0 amide bonds. The molecule has 0 aliphatic heterocycles. The van der Waals surface area contributed by atoms with Gasteiger partial charge in [0.05, 0.1) is 5.69 Å². The second-order valence-corrected chi connectivity index (χ2v) is 4.80. The molecule has 0 aliphatic carbocycles. The van der Waals surface area contributed by atoms with Gasteiger partial charge in [0, 0.05) is 25.0 Å². The molecule has 112 valence electrons. The van der Waals surface area contributed by atoms with Crippen molar-refractivity contribution in [3.63, 3.8) is 0 Å². The molecule has 2 heterocycles. The van der Waals surface area contributed by atoms with Crippen LogP contribution in [-0.4, -0.2) is 30.4 Å². The topological polar surface area (TPSA) is 110 Å². The highest BCUT2D eigenvalue weighted by Crippen LogP contribution is 2.03. The number of carbonyl (C=O) groups is 1. The molecule has 8 nitrogen and oxygen atoms in total. The molecule has 0 aromatic carbocycles. The molecular formula is C13H16N4O4. The normalized spacial score (nSPS) is 10.8. The standard InChI is InChI=1S/C13H16N4O4/c1-8-6-9(2)17(15-8)5-3-4-16-7-10(12(19)20)11(18)14-13(16)21/h6-7H,3-5H2,1-2H3,(H,19,20)(H,14,18,21). The van der Waals surface area contributed by atoms with Crippen molar-refractivity contribution in [1.82, 2.24) is 19.3 Å². The van der Waals surface area contributed by atoms with Crippen molar-refractivity contribution in [2.24, 2.45) is 0 Å². The van der Waals surface area contributed by atoms with Gasteiger partial charge in [0.15, 0.2) is 0 Å². The summed E-state index contributed by atoms with van der Waals surface area (Å²) < 4.78 is 3.01. The van der Waals surface area contributed by atoms with Crippen LogP contribution in [0.25, 0.3) is 0 Å². The zero-order valence-electron chi connectivity index (χ0n) is 11.8. The maximum absolute atomic E-state index is 11.6. The van der Waals surface area contributed by atoms with Crippen molar-refractivity contribution in [1.29, 1.82) is 0 Å². The fraction of sp³-hybridized carbons (Fsp3) is 0.385. The molecule has 0 spiro atoms. The van der Waals surface area contributed by atoms with Gasteiger partial charge >= 0.3 is 11.7 Å². The molecule has 21 heavy (non-hydrogen) atoms. The maximum Gasteiger partial charge on any atom is 0.342 e. The van der Waals surface area contributed by atoms with Gasteiger partial charge in [-0.1, -0.05) is 0 Å². The highest BCUT2D eigenvalue weighted by atomic mass is 16.4. The predicted molar refractivity (Wildman–Crippen MR) is 74.6 cm³/mol. The van der Waals surface area contributed by atoms with Gasteiger partial charge in [-0.25, -0.2) is 9.59 Å². The Morgan fingerprint density at radius 3 is 2.62 bits per heavy atom. The van der Waals surface area contributed by atoms with E-state index in [-0.39, 0.29) is 0 Å². The van der Waals surface area contributed by atoms with Crippen molar-refractivity contribution >= 4 is 5.97 Å². The van der Waals surface area contributed by atoms with Crippen LogP contribution in [0.15, 0.2) is 21.9 Å². The van der Waals surface area contributed by atoms with Crippen LogP contribution in [0.1, 0.15) is 28.2 Å². The van der Waals surface area contributed by atoms with Crippen LogP contribution in [0, 0.1) is 13.8 Å². The van der Waals surface area contributed by atoms with Gasteiger partial charge in [-0.15, -0.1) is 0 Å². The van der Waals surface area contributed by atoms with Crippen LogP contribution in [0.5, 0.6) is 0 Å². The maximum atomic E-state index is 11.6. The van der Waals surface area contributed by atoms with Gasteiger partial charge in [0.2, 0.25) is 0 Å². The highest BCUT2D eigenvalue weighted by Gasteiger charge is 2.11. The van der Waals surface area contributed by atoms with Gasteiger partial charge in [-0.05, 0) is 26.3 Å². The smallest absolute Gasteiger partial charge is 0.342 e. The third-order valence-electron chi connectivity index (χ3n) is 3.11. The van der Waals surface area contributed by atoms with Gasteiger partial charge in [0.25, 0.3) is 5.56 Å². The summed E-state index contributed by atoms with van der Waals surface area (Å²) in [6.07, 6.45) is 1.66. The minimum atomic E-state index is -1.36. The second-order valence-electron chi connectivity index (χ2n) is 4.80. The lowest BCUT2D eigenvalue weighted by molar-refractivity contribution is 0.0693. The first-order chi connectivity index (χ1) is 9.88. The molecule has 0 aliphatic rings. The van der Waals surface area contributed by atoms with Gasteiger partial charge < -0.3 is 5.11 Å². The van der Waals surface area contributed by atoms with Crippen molar-refractivity contribution in [3.05, 3.63) is 50.1 Å². The number of carboxylic acid groups (broad SMARTS) is 1. The summed E-state index contributed by atoms with van der Waals surface area (Å²) >= 11 is 0. The largest absolute Gasteiger partial charge is 0.477 e. The number of nitrogens with zero attached hydrogens (tertiary/aromatic N) is 3. The van der Waals surface area contributed by atoms with E-state index in [1.54, 1.807) is 0 Å². The molecule has 2 aromatic heterocycles. The second kappa shape index (κ2) is 5.78. The van der Waals surface area contributed by atoms with E-state index in [4.69, 9.17) is 5.11 Å². The van der Waals surface area contributed by atoms with Gasteiger partial charge in [0.1, 0.15) is 5.56 Å². The average molecular weight is 292 g/mol. The first-order valence-electron chi connectivity index (χ1n) is 6.46. The minimum absolute atomic E-state index is 0.300. The fourth-order valence-corrected chi connectivity index (χ4v) is 2.12. The van der Waals surface area contributed by atoms with E-state index in [2.05, 4.69) is 5.10 Å². The van der Waals surface area contributed by atoms with Crippen molar-refractivity contribution in [3.8, 4) is 0 Å². The van der Waals surface area contributed by atoms with Crippen LogP contribution in [0.2, 0.25) is 0 Å². The summed E-state index contributed by atoms with van der Waals surface area (Å²) in [5.74, 6) is -1.36. The van der Waals surface area contributed by atoms with Crippen molar-refractivity contribution in [2.75, 3.05) is 0 Å². The third kappa shape index (κ3) is 3.28. The Morgan fingerprint density at radius 1 is 1.33 bits per heavy atom. The molecule has 0 saturated heterocycles. The lowest BCUT2D eigenvalue weighted by Crippen LogP contribution is -2.33. The zero-order valence-corrected chi connectivity index (χ0v) is 11.8. The number of hydrogen-bond donors (Lipinski definition) is 2. The van der Waals surface area contributed by atoms with E-state index in [1.807, 2.05) is 29.6 Å². The van der Waals surface area contributed by atoms with Crippen LogP contribution >= 0.6 is 0 Å². The first kappa shape index (κ1) is 14.8. The lowest BCUT2D eigenvalue weighted by atomic mass is 10.3. The Morgan fingerprint density at radius 2 is 2.05 bits per heavy atom. The number of hydrogen-bond acceptors (Lipinski definition) is 4. The highest BCUT2D eigenvalue weighted by molar-refractivity contribution is 5.86. The number of nitrogens with one attached hydrogen (secondary N) is 1. The zero-order chi connectivity index (χ0) is 15.6. The minimum Gasteiger partial charge on any atom is -0.477 e. The fourth-order valence-electron chi connectivity index (χ4n) is 2.12. The molecule has 8 heteroatoms. The molecule has 0 unspecified atom stereocenters. The molecule has 0 radical (unpaired) electrons. The number of aromatic amines is 1. The monoisotopic (exact) mass is 292 g/mol. The average Bonchev–Trinajstić information content (AvgIpc) is 2.70. The quantitative estimate of drug-likeness (QED) is 0.814. The first-order valence-corrected chi connectivity index (χ1v) is 6.46. The summed E-state index contributed by atoms with van der Waals surface area (Å²) in [5.41, 5.74) is -0.00390. The number of aryl methyl sites for hydroxylation is 4. The van der Waals surface area contributed by atoms with E-state index < -0.39 is 22.8 Å². The van der Waals surface area contributed by atoms with Crippen molar-refractivity contribution < 1.29 is 9.90 Å². The molecule has 0 bridgehead atoms. The number of H-pyrrole nitrogens is 1. The molecular weight excluding hydrogens is 276 g/mol. The molecule has 2 aromatic rings. The third-order valence-corrected chi connectivity index (χ3v) is 3.11. The van der Waals surface area contributed by atoms with E-state index in [9.17, 15) is 14.4 Å². The number of aromatic nitrogens is 4. The van der Waals surface area contributed by atoms with E-state index in [1.165, 1.54) is 4.57 Å². The number of aromatic carboxylic acids is 1. The van der Waals surface area contributed by atoms with Gasteiger partial charge in [-0.3, -0.25) is 19.0 Å². The van der Waals surface area contributed by atoms with Gasteiger partial charge in [-0.2, -0.15) is 5.10 Å².